The van der Waals surface area contributed by atoms with E-state index in [9.17, 15) is 13.2 Å². The van der Waals surface area contributed by atoms with Crippen LogP contribution in [-0.2, 0) is 9.31 Å². The summed E-state index contributed by atoms with van der Waals surface area (Å²) in [6, 6.07) is 5.83. The molecule has 8 heteroatoms. The van der Waals surface area contributed by atoms with Gasteiger partial charge in [-0.05, 0) is 52.0 Å². The quantitative estimate of drug-likeness (QED) is 0.860. The first-order valence-electron chi connectivity index (χ1n) is 7.21. The summed E-state index contributed by atoms with van der Waals surface area (Å²) in [5, 5.41) is 0.594. The Balaban J connectivity index is 1.89. The summed E-state index contributed by atoms with van der Waals surface area (Å²) in [6.45, 7) is 7.74. The maximum absolute atomic E-state index is 12.3. The highest BCUT2D eigenvalue weighted by molar-refractivity contribution is 6.61. The molecule has 3 rings (SSSR count). The molecule has 0 saturated carbocycles. The van der Waals surface area contributed by atoms with E-state index in [1.807, 2.05) is 27.7 Å². The molecule has 0 bridgehead atoms. The minimum Gasteiger partial charge on any atom is -0.406 e. The van der Waals surface area contributed by atoms with E-state index in [0.717, 1.165) is 0 Å². The van der Waals surface area contributed by atoms with E-state index in [1.165, 1.54) is 18.2 Å². The van der Waals surface area contributed by atoms with Gasteiger partial charge in [-0.3, -0.25) is 0 Å². The number of aromatic nitrogens is 1. The van der Waals surface area contributed by atoms with Gasteiger partial charge in [-0.1, -0.05) is 0 Å². The Morgan fingerprint density at radius 2 is 1.65 bits per heavy atom. The second kappa shape index (κ2) is 4.91. The van der Waals surface area contributed by atoms with Gasteiger partial charge >= 0.3 is 13.5 Å². The lowest BCUT2D eigenvalue weighted by Gasteiger charge is -2.32. The monoisotopic (exact) mass is 327 g/mol. The van der Waals surface area contributed by atoms with Gasteiger partial charge in [0.05, 0.1) is 11.2 Å². The molecule has 2 heterocycles. The van der Waals surface area contributed by atoms with Crippen molar-refractivity contribution in [2.45, 2.75) is 45.3 Å². The van der Waals surface area contributed by atoms with Gasteiger partial charge in [-0.15, -0.1) is 13.2 Å². The molecule has 1 aliphatic heterocycles. The van der Waals surface area contributed by atoms with Gasteiger partial charge in [-0.25, -0.2) is 0 Å². The zero-order valence-electron chi connectivity index (χ0n) is 13.2. The molecule has 0 radical (unpaired) electrons. The predicted octanol–water partition coefficient (Wildman–Crippen LogP) is 3.37. The van der Waals surface area contributed by atoms with Gasteiger partial charge in [0.15, 0.2) is 0 Å². The van der Waals surface area contributed by atoms with Crippen LogP contribution in [0, 0.1) is 0 Å². The molecule has 4 nitrogen and oxygen atoms in total. The number of nitrogens with one attached hydrogen (secondary N) is 1. The average molecular weight is 327 g/mol. The van der Waals surface area contributed by atoms with E-state index in [0.29, 0.717) is 16.5 Å². The molecule has 0 atom stereocenters. The molecule has 1 fully saturated rings. The van der Waals surface area contributed by atoms with Crippen LogP contribution in [0.4, 0.5) is 13.2 Å². The van der Waals surface area contributed by atoms with Gasteiger partial charge in [0.1, 0.15) is 5.75 Å². The highest BCUT2D eigenvalue weighted by Gasteiger charge is 2.52. The summed E-state index contributed by atoms with van der Waals surface area (Å²) >= 11 is 0. The largest absolute Gasteiger partial charge is 0.573 e. The Morgan fingerprint density at radius 3 is 2.22 bits per heavy atom. The first kappa shape index (κ1) is 16.2. The molecule has 0 spiro atoms. The number of fused-ring (bicyclic) bond motifs is 1. The minimum absolute atomic E-state index is 0.260. The highest BCUT2D eigenvalue weighted by atomic mass is 19.4. The number of ether oxygens (including phenoxy) is 1. The van der Waals surface area contributed by atoms with E-state index in [-0.39, 0.29) is 5.75 Å². The fraction of sp³-hybridized carbons (Fsp3) is 0.467. The topological polar surface area (TPSA) is 43.5 Å². The van der Waals surface area contributed by atoms with Crippen molar-refractivity contribution in [3.63, 3.8) is 0 Å². The first-order chi connectivity index (χ1) is 10.5. The molecule has 0 unspecified atom stereocenters. The fourth-order valence-electron chi connectivity index (χ4n) is 2.43. The van der Waals surface area contributed by atoms with Crippen molar-refractivity contribution < 1.29 is 27.2 Å². The van der Waals surface area contributed by atoms with E-state index in [2.05, 4.69) is 9.72 Å². The molecule has 1 aliphatic rings. The van der Waals surface area contributed by atoms with Crippen LogP contribution >= 0.6 is 0 Å². The van der Waals surface area contributed by atoms with Crippen LogP contribution < -0.4 is 10.3 Å². The molecule has 1 N–H and O–H groups in total. The number of H-pyrrole nitrogens is 1. The molecule has 2 aromatic rings. The number of halogens is 3. The summed E-state index contributed by atoms with van der Waals surface area (Å²) in [4.78, 5) is 3.12. The normalized spacial score (nSPS) is 20.2. The van der Waals surface area contributed by atoms with Gasteiger partial charge in [0.25, 0.3) is 0 Å². The van der Waals surface area contributed by atoms with Gasteiger partial charge in [0, 0.05) is 16.5 Å². The first-order valence-corrected chi connectivity index (χ1v) is 7.21. The van der Waals surface area contributed by atoms with Crippen molar-refractivity contribution in [2.24, 2.45) is 0 Å². The smallest absolute Gasteiger partial charge is 0.406 e. The average Bonchev–Trinajstić information content (AvgIpc) is 2.86. The van der Waals surface area contributed by atoms with Crippen LogP contribution in [0.25, 0.3) is 10.9 Å². The molecule has 124 valence electrons. The van der Waals surface area contributed by atoms with Gasteiger partial charge in [-0.2, -0.15) is 0 Å². The lowest BCUT2D eigenvalue weighted by Crippen LogP contribution is -2.41. The van der Waals surface area contributed by atoms with Crippen molar-refractivity contribution >= 4 is 23.6 Å². The maximum Gasteiger partial charge on any atom is 0.573 e. The highest BCUT2D eigenvalue weighted by Crippen LogP contribution is 2.36. The van der Waals surface area contributed by atoms with Crippen molar-refractivity contribution in [3.8, 4) is 5.75 Å². The number of hydrogen-bond donors (Lipinski definition) is 1. The number of alkyl halides is 3. The van der Waals surface area contributed by atoms with E-state index in [1.54, 1.807) is 6.07 Å². The van der Waals surface area contributed by atoms with Crippen LogP contribution in [-0.4, -0.2) is 29.7 Å². The van der Waals surface area contributed by atoms with Crippen molar-refractivity contribution in [1.82, 2.24) is 4.98 Å². The second-order valence-electron chi connectivity index (χ2n) is 6.61. The Morgan fingerprint density at radius 1 is 1.04 bits per heavy atom. The van der Waals surface area contributed by atoms with E-state index < -0.39 is 24.7 Å². The Bertz CT molecular complexity index is 723. The third kappa shape index (κ3) is 3.05. The van der Waals surface area contributed by atoms with E-state index in [4.69, 9.17) is 9.31 Å². The van der Waals surface area contributed by atoms with Crippen LogP contribution in [0.1, 0.15) is 27.7 Å². The van der Waals surface area contributed by atoms with Crippen molar-refractivity contribution in [2.75, 3.05) is 0 Å². The standard InChI is InChI=1S/C15H17BF3NO3/c1-13(2)14(3,4)23-16(22-13)12-8-9-7-10(21-15(17,18)19)5-6-11(9)20-12/h5-8,20H,1-4H3. The summed E-state index contributed by atoms with van der Waals surface area (Å²) in [6.07, 6.45) is -4.71. The van der Waals surface area contributed by atoms with Gasteiger partial charge in [0.2, 0.25) is 0 Å². The van der Waals surface area contributed by atoms with Crippen LogP contribution in [0.15, 0.2) is 24.3 Å². The zero-order valence-corrected chi connectivity index (χ0v) is 13.2. The molecular weight excluding hydrogens is 310 g/mol. The maximum atomic E-state index is 12.3. The van der Waals surface area contributed by atoms with Crippen molar-refractivity contribution in [1.29, 1.82) is 0 Å². The number of rotatable bonds is 2. The third-order valence-corrected chi connectivity index (χ3v) is 4.35. The Labute approximate surface area is 132 Å². The predicted molar refractivity (Wildman–Crippen MR) is 80.7 cm³/mol. The molecule has 0 amide bonds. The Kier molecular flexibility index (Phi) is 3.46. The summed E-state index contributed by atoms with van der Waals surface area (Å²) in [5.74, 6) is -0.260. The number of hydrogen-bond acceptors (Lipinski definition) is 3. The van der Waals surface area contributed by atoms with Crippen LogP contribution in [0.5, 0.6) is 5.75 Å². The third-order valence-electron chi connectivity index (χ3n) is 4.35. The lowest BCUT2D eigenvalue weighted by atomic mass is 9.85. The van der Waals surface area contributed by atoms with Crippen LogP contribution in [0.3, 0.4) is 0 Å². The van der Waals surface area contributed by atoms with E-state index >= 15 is 0 Å². The Hall–Kier alpha value is -1.67. The molecule has 1 aromatic heterocycles. The van der Waals surface area contributed by atoms with Gasteiger partial charge < -0.3 is 19.0 Å². The summed E-state index contributed by atoms with van der Waals surface area (Å²) in [7, 11) is -0.598. The zero-order chi connectivity index (χ0) is 17.0. The second-order valence-corrected chi connectivity index (χ2v) is 6.61. The molecular formula is C15H17BF3NO3. The summed E-state index contributed by atoms with van der Waals surface area (Å²) in [5.41, 5.74) is 0.367. The lowest BCUT2D eigenvalue weighted by molar-refractivity contribution is -0.274. The molecule has 0 aliphatic carbocycles. The van der Waals surface area contributed by atoms with Crippen molar-refractivity contribution in [3.05, 3.63) is 24.3 Å². The fourth-order valence-corrected chi connectivity index (χ4v) is 2.43. The SMILES string of the molecule is CC1(C)OB(c2cc3cc(OC(F)(F)F)ccc3[nH]2)OC1(C)C. The number of benzene rings is 1. The molecule has 1 aromatic carbocycles. The summed E-state index contributed by atoms with van der Waals surface area (Å²) < 4.78 is 52.7. The molecule has 23 heavy (non-hydrogen) atoms. The number of aromatic amines is 1. The van der Waals surface area contributed by atoms with Crippen LogP contribution in [0.2, 0.25) is 0 Å². The minimum atomic E-state index is -4.71. The molecule has 1 saturated heterocycles.